The van der Waals surface area contributed by atoms with Crippen molar-refractivity contribution < 1.29 is 9.53 Å². The van der Waals surface area contributed by atoms with Crippen molar-refractivity contribution in [2.24, 2.45) is 0 Å². The molecular weight excluding hydrogens is 252 g/mol. The molecule has 1 N–H and O–H groups in total. The predicted molar refractivity (Wildman–Crippen MR) is 78.8 cm³/mol. The molecule has 0 fully saturated rings. The number of hydrogen-bond acceptors (Lipinski definition) is 3. The van der Waals surface area contributed by atoms with Crippen LogP contribution in [0, 0.1) is 0 Å². The summed E-state index contributed by atoms with van der Waals surface area (Å²) in [6.45, 7) is 3.79. The summed E-state index contributed by atoms with van der Waals surface area (Å²) in [5, 5.41) is 2.77. The van der Waals surface area contributed by atoms with Crippen molar-refractivity contribution >= 4 is 11.6 Å². The van der Waals surface area contributed by atoms with Gasteiger partial charge in [0.15, 0.2) is 6.10 Å². The van der Waals surface area contributed by atoms with Gasteiger partial charge in [0, 0.05) is 6.20 Å². The van der Waals surface area contributed by atoms with Crippen molar-refractivity contribution in [2.45, 2.75) is 26.4 Å². The zero-order valence-corrected chi connectivity index (χ0v) is 11.7. The third kappa shape index (κ3) is 3.57. The van der Waals surface area contributed by atoms with E-state index < -0.39 is 6.10 Å². The van der Waals surface area contributed by atoms with Crippen molar-refractivity contribution in [1.82, 2.24) is 4.98 Å². The van der Waals surface area contributed by atoms with Gasteiger partial charge in [-0.05, 0) is 37.1 Å². The number of aromatic nitrogens is 1. The molecule has 0 aliphatic heterocycles. The van der Waals surface area contributed by atoms with Crippen LogP contribution in [-0.4, -0.2) is 17.0 Å². The van der Waals surface area contributed by atoms with Crippen LogP contribution in [0.25, 0.3) is 0 Å². The number of amides is 1. The minimum atomic E-state index is -0.567. The van der Waals surface area contributed by atoms with Crippen LogP contribution >= 0.6 is 0 Å². The van der Waals surface area contributed by atoms with Crippen LogP contribution < -0.4 is 10.1 Å². The highest BCUT2D eigenvalue weighted by Gasteiger charge is 2.16. The molecule has 0 aliphatic carbocycles. The first-order valence-corrected chi connectivity index (χ1v) is 6.66. The monoisotopic (exact) mass is 270 g/mol. The highest BCUT2D eigenvalue weighted by Crippen LogP contribution is 2.20. The van der Waals surface area contributed by atoms with Crippen LogP contribution in [0.2, 0.25) is 0 Å². The zero-order valence-electron chi connectivity index (χ0n) is 11.7. The first-order valence-electron chi connectivity index (χ1n) is 6.66. The SMILES string of the molecule is CCc1ccccc1O[C@H](C)C(=O)Nc1cccnc1. The molecule has 0 radical (unpaired) electrons. The van der Waals surface area contributed by atoms with Gasteiger partial charge in [0.05, 0.1) is 11.9 Å². The van der Waals surface area contributed by atoms with E-state index in [9.17, 15) is 4.79 Å². The van der Waals surface area contributed by atoms with Crippen LogP contribution in [0.1, 0.15) is 19.4 Å². The fourth-order valence-electron chi connectivity index (χ4n) is 1.84. The van der Waals surface area contributed by atoms with Crippen LogP contribution in [0.15, 0.2) is 48.8 Å². The molecule has 0 bridgehead atoms. The van der Waals surface area contributed by atoms with Crippen LogP contribution in [-0.2, 0) is 11.2 Å². The van der Waals surface area contributed by atoms with Crippen molar-refractivity contribution in [3.05, 3.63) is 54.4 Å². The molecule has 104 valence electrons. The number of anilines is 1. The molecule has 2 rings (SSSR count). The number of rotatable bonds is 5. The number of carbonyl (C=O) groups is 1. The van der Waals surface area contributed by atoms with Gasteiger partial charge >= 0.3 is 0 Å². The van der Waals surface area contributed by atoms with Gasteiger partial charge < -0.3 is 10.1 Å². The van der Waals surface area contributed by atoms with Gasteiger partial charge in [0.25, 0.3) is 5.91 Å². The number of para-hydroxylation sites is 1. The standard InChI is InChI=1S/C16H18N2O2/c1-3-13-7-4-5-9-15(13)20-12(2)16(19)18-14-8-6-10-17-11-14/h4-12H,3H2,1-2H3,(H,18,19)/t12-/m1/s1. The molecule has 0 spiro atoms. The number of nitrogens with zero attached hydrogens (tertiary/aromatic N) is 1. The minimum absolute atomic E-state index is 0.191. The van der Waals surface area contributed by atoms with Gasteiger partial charge in [-0.15, -0.1) is 0 Å². The van der Waals surface area contributed by atoms with Crippen molar-refractivity contribution in [3.8, 4) is 5.75 Å². The summed E-state index contributed by atoms with van der Waals surface area (Å²) in [5.74, 6) is 0.563. The third-order valence-electron chi connectivity index (χ3n) is 2.96. The molecule has 0 unspecified atom stereocenters. The lowest BCUT2D eigenvalue weighted by atomic mass is 10.1. The van der Waals surface area contributed by atoms with E-state index >= 15 is 0 Å². The van der Waals surface area contributed by atoms with Crippen LogP contribution in [0.3, 0.4) is 0 Å². The van der Waals surface area contributed by atoms with E-state index in [0.717, 1.165) is 17.7 Å². The van der Waals surface area contributed by atoms with Crippen LogP contribution in [0.5, 0.6) is 5.75 Å². The Hall–Kier alpha value is -2.36. The number of benzene rings is 1. The number of pyridine rings is 1. The molecule has 0 saturated heterocycles. The lowest BCUT2D eigenvalue weighted by Gasteiger charge is -2.16. The molecule has 0 aliphatic rings. The second kappa shape index (κ2) is 6.70. The Morgan fingerprint density at radius 2 is 2.10 bits per heavy atom. The number of ether oxygens (including phenoxy) is 1. The van der Waals surface area contributed by atoms with Crippen molar-refractivity contribution in [3.63, 3.8) is 0 Å². The molecule has 0 saturated carbocycles. The van der Waals surface area contributed by atoms with Gasteiger partial charge in [-0.3, -0.25) is 9.78 Å². The molecule has 20 heavy (non-hydrogen) atoms. The van der Waals surface area contributed by atoms with Crippen molar-refractivity contribution in [2.75, 3.05) is 5.32 Å². The summed E-state index contributed by atoms with van der Waals surface area (Å²) in [6, 6.07) is 11.3. The maximum absolute atomic E-state index is 12.1. The lowest BCUT2D eigenvalue weighted by molar-refractivity contribution is -0.122. The largest absolute Gasteiger partial charge is 0.481 e. The van der Waals surface area contributed by atoms with Gasteiger partial charge in [0.2, 0.25) is 0 Å². The summed E-state index contributed by atoms with van der Waals surface area (Å²) in [5.41, 5.74) is 1.75. The van der Waals surface area contributed by atoms with Crippen LogP contribution in [0.4, 0.5) is 5.69 Å². The lowest BCUT2D eigenvalue weighted by Crippen LogP contribution is -2.30. The fourth-order valence-corrected chi connectivity index (χ4v) is 1.84. The Morgan fingerprint density at radius 1 is 1.30 bits per heavy atom. The number of hydrogen-bond donors (Lipinski definition) is 1. The number of carbonyl (C=O) groups excluding carboxylic acids is 1. The van der Waals surface area contributed by atoms with E-state index in [1.54, 1.807) is 31.5 Å². The fraction of sp³-hybridized carbons (Fsp3) is 0.250. The van der Waals surface area contributed by atoms with Gasteiger partial charge in [-0.25, -0.2) is 0 Å². The second-order valence-electron chi connectivity index (χ2n) is 4.45. The molecule has 1 amide bonds. The zero-order chi connectivity index (χ0) is 14.4. The summed E-state index contributed by atoms with van der Waals surface area (Å²) < 4.78 is 5.74. The van der Waals surface area contributed by atoms with Gasteiger partial charge in [-0.1, -0.05) is 25.1 Å². The smallest absolute Gasteiger partial charge is 0.265 e. The molecular formula is C16H18N2O2. The van der Waals surface area contributed by atoms with E-state index in [4.69, 9.17) is 4.74 Å². The summed E-state index contributed by atoms with van der Waals surface area (Å²) in [7, 11) is 0. The highest BCUT2D eigenvalue weighted by molar-refractivity contribution is 5.93. The summed E-state index contributed by atoms with van der Waals surface area (Å²) in [6.07, 6.45) is 3.56. The molecule has 2 aromatic rings. The number of nitrogens with one attached hydrogen (secondary N) is 1. The van der Waals surface area contributed by atoms with Crippen molar-refractivity contribution in [1.29, 1.82) is 0 Å². The highest BCUT2D eigenvalue weighted by atomic mass is 16.5. The molecule has 1 heterocycles. The van der Waals surface area contributed by atoms with E-state index in [-0.39, 0.29) is 5.91 Å². The molecule has 1 aromatic heterocycles. The second-order valence-corrected chi connectivity index (χ2v) is 4.45. The van der Waals surface area contributed by atoms with E-state index in [2.05, 4.69) is 17.2 Å². The molecule has 4 heteroatoms. The Balaban J connectivity index is 2.01. The minimum Gasteiger partial charge on any atom is -0.481 e. The molecule has 4 nitrogen and oxygen atoms in total. The first-order chi connectivity index (χ1) is 9.70. The molecule has 1 atom stereocenters. The number of aryl methyl sites for hydroxylation is 1. The van der Waals surface area contributed by atoms with E-state index in [1.807, 2.05) is 24.3 Å². The average molecular weight is 270 g/mol. The van der Waals surface area contributed by atoms with Gasteiger partial charge in [0.1, 0.15) is 5.75 Å². The average Bonchev–Trinajstić information content (AvgIpc) is 2.48. The van der Waals surface area contributed by atoms with E-state index in [1.165, 1.54) is 0 Å². The van der Waals surface area contributed by atoms with Gasteiger partial charge in [-0.2, -0.15) is 0 Å². The Kier molecular flexibility index (Phi) is 4.71. The quantitative estimate of drug-likeness (QED) is 0.908. The molecule has 1 aromatic carbocycles. The Bertz CT molecular complexity index is 570. The Labute approximate surface area is 118 Å². The summed E-state index contributed by atoms with van der Waals surface area (Å²) >= 11 is 0. The third-order valence-corrected chi connectivity index (χ3v) is 2.96. The predicted octanol–water partition coefficient (Wildman–Crippen LogP) is 3.05. The normalized spacial score (nSPS) is 11.7. The topological polar surface area (TPSA) is 51.2 Å². The maximum atomic E-state index is 12.1. The maximum Gasteiger partial charge on any atom is 0.265 e. The summed E-state index contributed by atoms with van der Waals surface area (Å²) in [4.78, 5) is 16.0. The Morgan fingerprint density at radius 3 is 2.80 bits per heavy atom. The first kappa shape index (κ1) is 14.1. The van der Waals surface area contributed by atoms with E-state index in [0.29, 0.717) is 5.69 Å².